The minimum Gasteiger partial charge on any atom is -0.135 e. The molecule has 0 spiro atoms. The van der Waals surface area contributed by atoms with E-state index in [9.17, 15) is 0 Å². The summed E-state index contributed by atoms with van der Waals surface area (Å²) in [7, 11) is 0. The van der Waals surface area contributed by atoms with Crippen molar-refractivity contribution in [2.24, 2.45) is 0 Å². The summed E-state index contributed by atoms with van der Waals surface area (Å²) in [5, 5.41) is 2.81. The van der Waals surface area contributed by atoms with E-state index in [0.717, 1.165) is 0 Å². The van der Waals surface area contributed by atoms with Crippen LogP contribution in [0.4, 0.5) is 0 Å². The normalized spacial score (nSPS) is 11.8. The third-order valence-corrected chi connectivity index (χ3v) is 4.52. The molecule has 0 nitrogen and oxygen atoms in total. The minimum atomic E-state index is 0.591. The molecular formula is C16H16S. The Morgan fingerprint density at radius 3 is 2.59 bits per heavy atom. The van der Waals surface area contributed by atoms with Crippen LogP contribution in [-0.2, 0) is 0 Å². The van der Waals surface area contributed by atoms with Crippen molar-refractivity contribution in [1.82, 2.24) is 0 Å². The van der Waals surface area contributed by atoms with E-state index in [4.69, 9.17) is 0 Å². The van der Waals surface area contributed by atoms with Crippen molar-refractivity contribution in [3.63, 3.8) is 0 Å². The van der Waals surface area contributed by atoms with Gasteiger partial charge in [0, 0.05) is 20.2 Å². The van der Waals surface area contributed by atoms with Gasteiger partial charge in [-0.05, 0) is 30.0 Å². The van der Waals surface area contributed by atoms with E-state index in [1.807, 2.05) is 11.3 Å². The predicted octanol–water partition coefficient (Wildman–Crippen LogP) is 5.49. The molecule has 1 heterocycles. The molecule has 3 aromatic rings. The molecule has 3 rings (SSSR count). The molecule has 1 heteroatoms. The molecule has 0 unspecified atom stereocenters. The molecule has 0 bridgehead atoms. The van der Waals surface area contributed by atoms with Gasteiger partial charge in [-0.15, -0.1) is 11.3 Å². The molecule has 0 amide bonds. The molecule has 0 radical (unpaired) electrons. The summed E-state index contributed by atoms with van der Waals surface area (Å²) < 4.78 is 2.87. The summed E-state index contributed by atoms with van der Waals surface area (Å²) in [6.07, 6.45) is 0. The molecule has 0 aliphatic heterocycles. The maximum absolute atomic E-state index is 2.30. The third kappa shape index (κ3) is 1.66. The van der Waals surface area contributed by atoms with Crippen molar-refractivity contribution in [1.29, 1.82) is 0 Å². The first-order valence-electron chi connectivity index (χ1n) is 6.08. The van der Waals surface area contributed by atoms with Crippen LogP contribution in [0.1, 0.15) is 30.9 Å². The first kappa shape index (κ1) is 10.8. The molecule has 0 saturated carbocycles. The van der Waals surface area contributed by atoms with Gasteiger partial charge >= 0.3 is 0 Å². The Bertz CT molecular complexity index is 689. The molecule has 86 valence electrons. The molecular weight excluding hydrogens is 224 g/mol. The number of fused-ring (bicyclic) bond motifs is 3. The van der Waals surface area contributed by atoms with Crippen LogP contribution in [0.3, 0.4) is 0 Å². The molecule has 0 saturated heterocycles. The van der Waals surface area contributed by atoms with Gasteiger partial charge in [-0.25, -0.2) is 0 Å². The number of hydrogen-bond acceptors (Lipinski definition) is 1. The van der Waals surface area contributed by atoms with Gasteiger partial charge < -0.3 is 0 Å². The zero-order chi connectivity index (χ0) is 12.0. The quantitative estimate of drug-likeness (QED) is 0.528. The van der Waals surface area contributed by atoms with Crippen LogP contribution in [0, 0.1) is 6.92 Å². The smallest absolute Gasteiger partial charge is 0.0390 e. The lowest BCUT2D eigenvalue weighted by Crippen LogP contribution is -1.85. The van der Waals surface area contributed by atoms with E-state index in [1.54, 1.807) is 0 Å². The van der Waals surface area contributed by atoms with Crippen LogP contribution in [-0.4, -0.2) is 0 Å². The zero-order valence-electron chi connectivity index (χ0n) is 10.4. The molecule has 0 aliphatic rings. The van der Waals surface area contributed by atoms with Crippen molar-refractivity contribution in [3.05, 3.63) is 47.5 Å². The van der Waals surface area contributed by atoms with Crippen molar-refractivity contribution in [2.45, 2.75) is 26.7 Å². The molecule has 17 heavy (non-hydrogen) atoms. The van der Waals surface area contributed by atoms with Crippen molar-refractivity contribution >= 4 is 31.5 Å². The van der Waals surface area contributed by atoms with Gasteiger partial charge in [0.05, 0.1) is 0 Å². The number of benzene rings is 2. The molecule has 0 atom stereocenters. The van der Waals surface area contributed by atoms with Gasteiger partial charge in [0.15, 0.2) is 0 Å². The lowest BCUT2D eigenvalue weighted by atomic mass is 10.0. The highest BCUT2D eigenvalue weighted by atomic mass is 32.1. The second-order valence-electron chi connectivity index (χ2n) is 4.98. The van der Waals surface area contributed by atoms with E-state index in [0.29, 0.717) is 5.92 Å². The van der Waals surface area contributed by atoms with Crippen LogP contribution < -0.4 is 0 Å². The Kier molecular flexibility index (Phi) is 2.44. The number of aryl methyl sites for hydroxylation is 1. The Hall–Kier alpha value is -1.34. The fourth-order valence-electron chi connectivity index (χ4n) is 2.38. The fourth-order valence-corrected chi connectivity index (χ4v) is 3.84. The highest BCUT2D eigenvalue weighted by Gasteiger charge is 2.10. The molecule has 2 aromatic carbocycles. The first-order chi connectivity index (χ1) is 8.16. The second-order valence-corrected chi connectivity index (χ2v) is 6.03. The Labute approximate surface area is 106 Å². The predicted molar refractivity (Wildman–Crippen MR) is 78.2 cm³/mol. The zero-order valence-corrected chi connectivity index (χ0v) is 11.3. The summed E-state index contributed by atoms with van der Waals surface area (Å²) in [5.41, 5.74) is 2.82. The van der Waals surface area contributed by atoms with Crippen molar-refractivity contribution < 1.29 is 0 Å². The Morgan fingerprint density at radius 2 is 1.82 bits per heavy atom. The van der Waals surface area contributed by atoms with Gasteiger partial charge in [-0.2, -0.15) is 0 Å². The van der Waals surface area contributed by atoms with E-state index < -0.39 is 0 Å². The number of hydrogen-bond donors (Lipinski definition) is 0. The molecule has 0 N–H and O–H groups in total. The monoisotopic (exact) mass is 240 g/mol. The van der Waals surface area contributed by atoms with E-state index >= 15 is 0 Å². The molecule has 1 aromatic heterocycles. The maximum atomic E-state index is 2.30. The Morgan fingerprint density at radius 1 is 1.00 bits per heavy atom. The van der Waals surface area contributed by atoms with Gasteiger partial charge in [0.25, 0.3) is 0 Å². The Balaban J connectivity index is 2.46. The fraction of sp³-hybridized carbons (Fsp3) is 0.250. The summed E-state index contributed by atoms with van der Waals surface area (Å²) in [6, 6.07) is 13.4. The number of rotatable bonds is 1. The van der Waals surface area contributed by atoms with Gasteiger partial charge in [0.1, 0.15) is 0 Å². The highest BCUT2D eigenvalue weighted by Crippen LogP contribution is 2.38. The van der Waals surface area contributed by atoms with E-state index in [2.05, 4.69) is 57.2 Å². The SMILES string of the molecule is Cc1ccc2c(c1)sc1c(C(C)C)cccc12. The van der Waals surface area contributed by atoms with Crippen LogP contribution in [0.2, 0.25) is 0 Å². The van der Waals surface area contributed by atoms with Crippen LogP contribution >= 0.6 is 11.3 Å². The standard InChI is InChI=1S/C16H16S/c1-10(2)12-5-4-6-14-13-8-7-11(3)9-15(13)17-16(12)14/h4-10H,1-3H3. The average Bonchev–Trinajstić information content (AvgIpc) is 2.65. The second kappa shape index (κ2) is 3.85. The highest BCUT2D eigenvalue weighted by molar-refractivity contribution is 7.26. The van der Waals surface area contributed by atoms with Crippen LogP contribution in [0.25, 0.3) is 20.2 Å². The van der Waals surface area contributed by atoms with E-state index in [1.165, 1.54) is 31.3 Å². The lowest BCUT2D eigenvalue weighted by molar-refractivity contribution is 0.878. The largest absolute Gasteiger partial charge is 0.135 e. The molecule has 0 fully saturated rings. The number of thiophene rings is 1. The third-order valence-electron chi connectivity index (χ3n) is 3.31. The average molecular weight is 240 g/mol. The topological polar surface area (TPSA) is 0 Å². The lowest BCUT2D eigenvalue weighted by Gasteiger charge is -2.05. The summed E-state index contributed by atoms with van der Waals surface area (Å²) >= 11 is 1.93. The van der Waals surface area contributed by atoms with Crippen LogP contribution in [0.5, 0.6) is 0 Å². The summed E-state index contributed by atoms with van der Waals surface area (Å²) in [6.45, 7) is 6.70. The van der Waals surface area contributed by atoms with Gasteiger partial charge in [-0.1, -0.05) is 44.2 Å². The van der Waals surface area contributed by atoms with Crippen molar-refractivity contribution in [2.75, 3.05) is 0 Å². The minimum absolute atomic E-state index is 0.591. The van der Waals surface area contributed by atoms with Crippen LogP contribution in [0.15, 0.2) is 36.4 Å². The summed E-state index contributed by atoms with van der Waals surface area (Å²) in [4.78, 5) is 0. The first-order valence-corrected chi connectivity index (χ1v) is 6.90. The van der Waals surface area contributed by atoms with E-state index in [-0.39, 0.29) is 0 Å². The molecule has 0 aliphatic carbocycles. The van der Waals surface area contributed by atoms with Gasteiger partial charge in [0.2, 0.25) is 0 Å². The van der Waals surface area contributed by atoms with Gasteiger partial charge in [-0.3, -0.25) is 0 Å². The van der Waals surface area contributed by atoms with Crippen molar-refractivity contribution in [3.8, 4) is 0 Å². The maximum Gasteiger partial charge on any atom is 0.0390 e. The summed E-state index contributed by atoms with van der Waals surface area (Å²) in [5.74, 6) is 0.591.